The van der Waals surface area contributed by atoms with Gasteiger partial charge in [-0.15, -0.1) is 0 Å². The van der Waals surface area contributed by atoms with E-state index in [2.05, 4.69) is 20.8 Å². The summed E-state index contributed by atoms with van der Waals surface area (Å²) in [6.07, 6.45) is 4.21. The lowest BCUT2D eigenvalue weighted by Gasteiger charge is -2.23. The van der Waals surface area contributed by atoms with Crippen LogP contribution in [0.4, 0.5) is 0 Å². The monoisotopic (exact) mass is 370 g/mol. The zero-order chi connectivity index (χ0) is 20.3. The second-order valence-corrected chi connectivity index (χ2v) is 8.44. The molecule has 2 N–H and O–H groups in total. The molecule has 0 aromatic rings. The molecule has 0 aliphatic rings. The number of ether oxygens (including phenoxy) is 1. The van der Waals surface area contributed by atoms with Gasteiger partial charge in [0.1, 0.15) is 6.29 Å². The first-order chi connectivity index (χ1) is 12.0. The van der Waals surface area contributed by atoms with Crippen molar-refractivity contribution in [2.45, 2.75) is 85.9 Å². The Kier molecular flexibility index (Phi) is 11.7. The second-order valence-electron chi connectivity index (χ2n) is 8.44. The summed E-state index contributed by atoms with van der Waals surface area (Å²) in [5.41, 5.74) is -0.0771. The minimum absolute atomic E-state index is 0.195. The molecule has 0 aliphatic carbocycles. The summed E-state index contributed by atoms with van der Waals surface area (Å²) in [5, 5.41) is 20.0. The van der Waals surface area contributed by atoms with Crippen molar-refractivity contribution in [2.75, 3.05) is 6.61 Å². The third-order valence-corrected chi connectivity index (χ3v) is 4.70. The van der Waals surface area contributed by atoms with Gasteiger partial charge < -0.3 is 19.7 Å². The average molecular weight is 371 g/mol. The normalized spacial score (nSPS) is 16.3. The van der Waals surface area contributed by atoms with Crippen LogP contribution in [0.1, 0.15) is 73.6 Å². The molecule has 3 atom stereocenters. The number of aliphatic hydroxyl groups excluding tert-OH is 2. The van der Waals surface area contributed by atoms with Crippen LogP contribution in [0.2, 0.25) is 0 Å². The molecule has 0 aromatic carbocycles. The topological polar surface area (TPSA) is 83.8 Å². The Balaban J connectivity index is 4.12. The highest BCUT2D eigenvalue weighted by atomic mass is 16.5. The lowest BCUT2D eigenvalue weighted by Crippen LogP contribution is -2.33. The molecule has 0 saturated carbocycles. The molecule has 0 aliphatic heterocycles. The van der Waals surface area contributed by atoms with E-state index >= 15 is 0 Å². The van der Waals surface area contributed by atoms with Crippen molar-refractivity contribution in [3.05, 3.63) is 11.6 Å². The fourth-order valence-electron chi connectivity index (χ4n) is 2.75. The van der Waals surface area contributed by atoms with Gasteiger partial charge in [0, 0.05) is 5.41 Å². The minimum atomic E-state index is -1.06. The van der Waals surface area contributed by atoms with Gasteiger partial charge in [-0.05, 0) is 50.0 Å². The van der Waals surface area contributed by atoms with E-state index < -0.39 is 23.6 Å². The van der Waals surface area contributed by atoms with Crippen LogP contribution in [-0.4, -0.2) is 41.3 Å². The molecule has 0 heterocycles. The van der Waals surface area contributed by atoms with Crippen LogP contribution in [0, 0.1) is 17.3 Å². The summed E-state index contributed by atoms with van der Waals surface area (Å²) in [6, 6.07) is 0. The SMILES string of the molecule is C/C(=C/CCOC(=O)CC(O)C(C)(C)C=O)C(O)CCC(C)CC(C)C. The van der Waals surface area contributed by atoms with E-state index in [0.717, 1.165) is 24.8 Å². The van der Waals surface area contributed by atoms with Gasteiger partial charge in [0.05, 0.1) is 25.2 Å². The first-order valence-corrected chi connectivity index (χ1v) is 9.64. The van der Waals surface area contributed by atoms with E-state index in [4.69, 9.17) is 4.74 Å². The van der Waals surface area contributed by atoms with E-state index in [-0.39, 0.29) is 13.0 Å². The number of hydrogen-bond acceptors (Lipinski definition) is 5. The Morgan fingerprint density at radius 3 is 2.31 bits per heavy atom. The van der Waals surface area contributed by atoms with Gasteiger partial charge in [-0.25, -0.2) is 0 Å². The summed E-state index contributed by atoms with van der Waals surface area (Å²) < 4.78 is 5.08. The Morgan fingerprint density at radius 2 is 1.77 bits per heavy atom. The van der Waals surface area contributed by atoms with Crippen molar-refractivity contribution in [3.63, 3.8) is 0 Å². The maximum Gasteiger partial charge on any atom is 0.308 e. The highest BCUT2D eigenvalue weighted by Crippen LogP contribution is 2.21. The van der Waals surface area contributed by atoms with Crippen LogP contribution in [0.25, 0.3) is 0 Å². The lowest BCUT2D eigenvalue weighted by atomic mass is 9.86. The molecule has 0 rings (SSSR count). The van der Waals surface area contributed by atoms with Gasteiger partial charge >= 0.3 is 5.97 Å². The van der Waals surface area contributed by atoms with Gasteiger partial charge in [0.2, 0.25) is 0 Å². The first-order valence-electron chi connectivity index (χ1n) is 9.64. The number of aldehydes is 1. The average Bonchev–Trinajstić information content (AvgIpc) is 2.55. The van der Waals surface area contributed by atoms with Crippen LogP contribution >= 0.6 is 0 Å². The molecule has 0 amide bonds. The highest BCUT2D eigenvalue weighted by molar-refractivity contribution is 5.71. The van der Waals surface area contributed by atoms with Gasteiger partial charge in [-0.2, -0.15) is 0 Å². The lowest BCUT2D eigenvalue weighted by molar-refractivity contribution is -0.148. The number of carbonyl (C=O) groups is 2. The number of carbonyl (C=O) groups excluding carboxylic acids is 2. The molecular weight excluding hydrogens is 332 g/mol. The standard InChI is InChI=1S/C21H38O5/c1-15(2)12-16(3)9-10-18(23)17(4)8-7-11-26-20(25)13-19(24)21(5,6)14-22/h8,14-16,18-19,23-24H,7,9-13H2,1-6H3/b17-8-. The van der Waals surface area contributed by atoms with Gasteiger partial charge in [0.25, 0.3) is 0 Å². The minimum Gasteiger partial charge on any atom is -0.465 e. The Hall–Kier alpha value is -1.20. The van der Waals surface area contributed by atoms with Crippen LogP contribution in [0.5, 0.6) is 0 Å². The van der Waals surface area contributed by atoms with Gasteiger partial charge in [-0.1, -0.05) is 40.7 Å². The van der Waals surface area contributed by atoms with Crippen molar-refractivity contribution in [1.29, 1.82) is 0 Å². The fourth-order valence-corrected chi connectivity index (χ4v) is 2.75. The number of esters is 1. The first kappa shape index (κ1) is 24.8. The molecule has 26 heavy (non-hydrogen) atoms. The number of hydrogen-bond donors (Lipinski definition) is 2. The molecule has 5 heteroatoms. The Morgan fingerprint density at radius 1 is 1.15 bits per heavy atom. The number of rotatable bonds is 13. The molecule has 0 saturated heterocycles. The molecule has 0 aromatic heterocycles. The second kappa shape index (κ2) is 12.2. The van der Waals surface area contributed by atoms with Crippen molar-refractivity contribution in [1.82, 2.24) is 0 Å². The predicted molar refractivity (Wildman–Crippen MR) is 104 cm³/mol. The van der Waals surface area contributed by atoms with Crippen LogP contribution in [-0.2, 0) is 14.3 Å². The predicted octanol–water partition coefficient (Wildman–Crippen LogP) is 3.67. The summed E-state index contributed by atoms with van der Waals surface area (Å²) >= 11 is 0. The van der Waals surface area contributed by atoms with Crippen LogP contribution < -0.4 is 0 Å². The molecule has 0 spiro atoms. The van der Waals surface area contributed by atoms with Crippen LogP contribution in [0.3, 0.4) is 0 Å². The van der Waals surface area contributed by atoms with Gasteiger partial charge in [0.15, 0.2) is 0 Å². The van der Waals surface area contributed by atoms with E-state index in [1.54, 1.807) is 13.8 Å². The van der Waals surface area contributed by atoms with Crippen molar-refractivity contribution < 1.29 is 24.5 Å². The van der Waals surface area contributed by atoms with E-state index in [9.17, 15) is 19.8 Å². The van der Waals surface area contributed by atoms with E-state index in [1.807, 2.05) is 13.0 Å². The van der Waals surface area contributed by atoms with Crippen molar-refractivity contribution in [2.24, 2.45) is 17.3 Å². The third kappa shape index (κ3) is 10.7. The van der Waals surface area contributed by atoms with Crippen molar-refractivity contribution >= 4 is 12.3 Å². The molecule has 0 bridgehead atoms. The highest BCUT2D eigenvalue weighted by Gasteiger charge is 2.29. The quantitative estimate of drug-likeness (QED) is 0.224. The molecule has 152 valence electrons. The molecular formula is C21H38O5. The zero-order valence-corrected chi connectivity index (χ0v) is 17.3. The zero-order valence-electron chi connectivity index (χ0n) is 17.3. The molecule has 3 unspecified atom stereocenters. The van der Waals surface area contributed by atoms with Crippen molar-refractivity contribution in [3.8, 4) is 0 Å². The molecule has 5 nitrogen and oxygen atoms in total. The Labute approximate surface area is 158 Å². The summed E-state index contributed by atoms with van der Waals surface area (Å²) in [7, 11) is 0. The van der Waals surface area contributed by atoms with E-state index in [1.165, 1.54) is 0 Å². The van der Waals surface area contributed by atoms with Crippen LogP contribution in [0.15, 0.2) is 11.6 Å². The smallest absolute Gasteiger partial charge is 0.308 e. The maximum absolute atomic E-state index is 11.7. The largest absolute Gasteiger partial charge is 0.465 e. The Bertz CT molecular complexity index is 453. The van der Waals surface area contributed by atoms with E-state index in [0.29, 0.717) is 24.5 Å². The van der Waals surface area contributed by atoms with Gasteiger partial charge in [-0.3, -0.25) is 4.79 Å². The maximum atomic E-state index is 11.7. The molecule has 0 radical (unpaired) electrons. The summed E-state index contributed by atoms with van der Waals surface area (Å²) in [5.74, 6) is 0.742. The summed E-state index contributed by atoms with van der Waals surface area (Å²) in [4.78, 5) is 22.5. The number of aliphatic hydroxyl groups is 2. The molecule has 0 fully saturated rings. The third-order valence-electron chi connectivity index (χ3n) is 4.70. The fraction of sp³-hybridized carbons (Fsp3) is 0.810. The summed E-state index contributed by atoms with van der Waals surface area (Å²) in [6.45, 7) is 11.9.